The predicted octanol–water partition coefficient (Wildman–Crippen LogP) is 3.29. The van der Waals surface area contributed by atoms with Crippen LogP contribution >= 0.6 is 11.6 Å². The van der Waals surface area contributed by atoms with E-state index in [2.05, 4.69) is 9.80 Å². The Morgan fingerprint density at radius 3 is 2.52 bits per heavy atom. The van der Waals surface area contributed by atoms with Crippen molar-refractivity contribution in [2.75, 3.05) is 26.2 Å². The minimum Gasteiger partial charge on any atom is -0.390 e. The third-order valence-corrected chi connectivity index (χ3v) is 5.44. The molecule has 1 aromatic rings. The molecule has 2 heterocycles. The number of benzene rings is 1. The van der Waals surface area contributed by atoms with Crippen molar-refractivity contribution in [3.63, 3.8) is 0 Å². The van der Waals surface area contributed by atoms with Gasteiger partial charge in [0.15, 0.2) is 0 Å². The number of nitrogens with zero attached hydrogens (tertiary/aromatic N) is 2. The zero-order chi connectivity index (χ0) is 16.2. The lowest BCUT2D eigenvalue weighted by Gasteiger charge is -2.41. The molecule has 0 radical (unpaired) electrons. The lowest BCUT2D eigenvalue weighted by atomic mass is 9.99. The van der Waals surface area contributed by atoms with Gasteiger partial charge in [0.05, 0.1) is 11.1 Å². The minimum absolute atomic E-state index is 0.161. The van der Waals surface area contributed by atoms with Gasteiger partial charge in [0.25, 0.3) is 0 Å². The molecule has 5 heteroatoms. The van der Waals surface area contributed by atoms with Gasteiger partial charge < -0.3 is 5.11 Å². The summed E-state index contributed by atoms with van der Waals surface area (Å²) >= 11 is 5.73. The molecule has 2 atom stereocenters. The highest BCUT2D eigenvalue weighted by Crippen LogP contribution is 2.23. The van der Waals surface area contributed by atoms with Crippen molar-refractivity contribution in [1.82, 2.24) is 9.80 Å². The number of piperidine rings is 1. The smallest absolute Gasteiger partial charge is 0.142 e. The highest BCUT2D eigenvalue weighted by molar-refractivity contribution is 6.30. The summed E-state index contributed by atoms with van der Waals surface area (Å²) in [5.41, 5.74) is 0.910. The molecular weight excluding hydrogens is 315 g/mol. The molecule has 0 aliphatic carbocycles. The average Bonchev–Trinajstić information content (AvgIpc) is 2.80. The number of hydrogen-bond donors (Lipinski definition) is 1. The first kappa shape index (κ1) is 17.2. The lowest BCUT2D eigenvalue weighted by molar-refractivity contribution is -0.0144. The Morgan fingerprint density at radius 1 is 1.13 bits per heavy atom. The summed E-state index contributed by atoms with van der Waals surface area (Å²) in [4.78, 5) is 4.69. The average molecular weight is 341 g/mol. The van der Waals surface area contributed by atoms with Gasteiger partial charge in [-0.1, -0.05) is 30.5 Å². The second-order valence-corrected chi connectivity index (χ2v) is 7.26. The van der Waals surface area contributed by atoms with E-state index >= 15 is 0 Å². The van der Waals surface area contributed by atoms with E-state index in [4.69, 9.17) is 11.6 Å². The van der Waals surface area contributed by atoms with Gasteiger partial charge in [-0.2, -0.15) is 0 Å². The second-order valence-electron chi connectivity index (χ2n) is 6.86. The first-order valence-electron chi connectivity index (χ1n) is 8.72. The van der Waals surface area contributed by atoms with Gasteiger partial charge in [-0.3, -0.25) is 9.80 Å². The van der Waals surface area contributed by atoms with Gasteiger partial charge in [-0.15, -0.1) is 0 Å². The number of hydrogen-bond acceptors (Lipinski definition) is 3. The molecule has 0 bridgehead atoms. The van der Waals surface area contributed by atoms with Crippen LogP contribution in [-0.2, 0) is 6.54 Å². The standard InChI is InChI=1S/C18H26ClFN2O/c19-15-6-5-14(11-16(15)20)12-21-10-7-17(18(23)13-21)22-8-3-1-2-4-9-22/h5-6,11,17-18,23H,1-4,7-10,12-13H2/t17-,18-/m1/s1. The number of aliphatic hydroxyl groups excluding tert-OH is 1. The summed E-state index contributed by atoms with van der Waals surface area (Å²) in [6, 6.07) is 5.24. The molecule has 3 nitrogen and oxygen atoms in total. The molecule has 2 aliphatic rings. The highest BCUT2D eigenvalue weighted by atomic mass is 35.5. The molecular formula is C18H26ClFN2O. The molecule has 2 saturated heterocycles. The molecule has 23 heavy (non-hydrogen) atoms. The maximum atomic E-state index is 13.5. The Hall–Kier alpha value is -0.680. The lowest BCUT2D eigenvalue weighted by Crippen LogP contribution is -2.54. The van der Waals surface area contributed by atoms with Crippen LogP contribution in [0.1, 0.15) is 37.7 Å². The van der Waals surface area contributed by atoms with Crippen LogP contribution in [0.5, 0.6) is 0 Å². The molecule has 2 aliphatic heterocycles. The van der Waals surface area contributed by atoms with E-state index < -0.39 is 0 Å². The second kappa shape index (κ2) is 7.93. The van der Waals surface area contributed by atoms with E-state index in [1.54, 1.807) is 6.07 Å². The van der Waals surface area contributed by atoms with Crippen LogP contribution in [-0.4, -0.2) is 53.2 Å². The Morgan fingerprint density at radius 2 is 1.87 bits per heavy atom. The first-order chi connectivity index (χ1) is 11.1. The fourth-order valence-corrected chi connectivity index (χ4v) is 3.99. The van der Waals surface area contributed by atoms with E-state index in [-0.39, 0.29) is 23.0 Å². The predicted molar refractivity (Wildman–Crippen MR) is 91.1 cm³/mol. The summed E-state index contributed by atoms with van der Waals surface area (Å²) < 4.78 is 13.5. The molecule has 1 aromatic carbocycles. The number of likely N-dealkylation sites (tertiary alicyclic amines) is 2. The van der Waals surface area contributed by atoms with E-state index in [0.29, 0.717) is 13.1 Å². The molecule has 1 N–H and O–H groups in total. The number of aliphatic hydroxyl groups is 1. The molecule has 2 fully saturated rings. The fraction of sp³-hybridized carbons (Fsp3) is 0.667. The number of rotatable bonds is 3. The molecule has 0 aromatic heterocycles. The van der Waals surface area contributed by atoms with Crippen molar-refractivity contribution in [1.29, 1.82) is 0 Å². The van der Waals surface area contributed by atoms with Crippen LogP contribution in [0.4, 0.5) is 4.39 Å². The van der Waals surface area contributed by atoms with Crippen LogP contribution in [0.2, 0.25) is 5.02 Å². The topological polar surface area (TPSA) is 26.7 Å². The SMILES string of the molecule is O[C@@H]1CN(Cc2ccc(Cl)c(F)c2)CC[C@H]1N1CCCCCC1. The third-order valence-electron chi connectivity index (χ3n) is 5.13. The third kappa shape index (κ3) is 4.44. The van der Waals surface area contributed by atoms with E-state index in [0.717, 1.165) is 31.6 Å². The van der Waals surface area contributed by atoms with Gasteiger partial charge in [0.2, 0.25) is 0 Å². The zero-order valence-electron chi connectivity index (χ0n) is 13.6. The van der Waals surface area contributed by atoms with Gasteiger partial charge in [-0.05, 0) is 50.0 Å². The fourth-order valence-electron chi connectivity index (χ4n) is 3.88. The van der Waals surface area contributed by atoms with Crippen molar-refractivity contribution in [3.8, 4) is 0 Å². The summed E-state index contributed by atoms with van der Waals surface area (Å²) in [7, 11) is 0. The molecule has 0 amide bonds. The molecule has 3 rings (SSSR count). The molecule has 0 unspecified atom stereocenters. The van der Waals surface area contributed by atoms with Crippen molar-refractivity contribution in [2.24, 2.45) is 0 Å². The first-order valence-corrected chi connectivity index (χ1v) is 9.09. The molecule has 0 spiro atoms. The van der Waals surface area contributed by atoms with Gasteiger partial charge in [-0.25, -0.2) is 4.39 Å². The normalized spacial score (nSPS) is 27.8. The van der Waals surface area contributed by atoms with E-state index in [9.17, 15) is 9.50 Å². The molecule has 0 saturated carbocycles. The van der Waals surface area contributed by atoms with Crippen LogP contribution in [0.3, 0.4) is 0 Å². The summed E-state index contributed by atoms with van der Waals surface area (Å²) in [6.07, 6.45) is 5.78. The van der Waals surface area contributed by atoms with Crippen LogP contribution in [0.15, 0.2) is 18.2 Å². The summed E-state index contributed by atoms with van der Waals surface area (Å²) in [5.74, 6) is -0.371. The Balaban J connectivity index is 1.56. The number of β-amino-alcohol motifs (C(OH)–C–C–N with tert-alkyl or cyclic N) is 1. The van der Waals surface area contributed by atoms with Gasteiger partial charge in [0.1, 0.15) is 5.82 Å². The Labute approximate surface area is 143 Å². The van der Waals surface area contributed by atoms with E-state index in [1.807, 2.05) is 6.07 Å². The maximum absolute atomic E-state index is 13.5. The van der Waals surface area contributed by atoms with Crippen LogP contribution in [0, 0.1) is 5.82 Å². The van der Waals surface area contributed by atoms with Crippen LogP contribution in [0.25, 0.3) is 0 Å². The largest absolute Gasteiger partial charge is 0.390 e. The summed E-state index contributed by atoms with van der Waals surface area (Å²) in [6.45, 7) is 4.50. The van der Waals surface area contributed by atoms with Crippen molar-refractivity contribution >= 4 is 11.6 Å². The molecule has 128 valence electrons. The zero-order valence-corrected chi connectivity index (χ0v) is 14.3. The monoisotopic (exact) mass is 340 g/mol. The minimum atomic E-state index is -0.371. The Kier molecular flexibility index (Phi) is 5.91. The van der Waals surface area contributed by atoms with Crippen LogP contribution < -0.4 is 0 Å². The van der Waals surface area contributed by atoms with Gasteiger partial charge >= 0.3 is 0 Å². The Bertz CT molecular complexity index is 520. The van der Waals surface area contributed by atoms with Crippen molar-refractivity contribution < 1.29 is 9.50 Å². The van der Waals surface area contributed by atoms with Gasteiger partial charge in [0, 0.05) is 25.7 Å². The van der Waals surface area contributed by atoms with Crippen molar-refractivity contribution in [2.45, 2.75) is 50.8 Å². The maximum Gasteiger partial charge on any atom is 0.142 e. The summed E-state index contributed by atoms with van der Waals surface area (Å²) in [5, 5.41) is 10.7. The quantitative estimate of drug-likeness (QED) is 0.914. The van der Waals surface area contributed by atoms with E-state index in [1.165, 1.54) is 31.7 Å². The van der Waals surface area contributed by atoms with Crippen molar-refractivity contribution in [3.05, 3.63) is 34.6 Å². The number of halogens is 2. The highest BCUT2D eigenvalue weighted by Gasteiger charge is 2.32.